The SMILES string of the molecule is CCCCCCCCCC(=O)NCc1ccc(C(=O)O)cc1.[NaH]. The topological polar surface area (TPSA) is 66.4 Å². The molecule has 23 heavy (non-hydrogen) atoms. The number of unbranched alkanes of at least 4 members (excludes halogenated alkanes) is 6. The molecule has 0 saturated heterocycles. The first-order chi connectivity index (χ1) is 10.6. The van der Waals surface area contributed by atoms with Crippen LogP contribution >= 0.6 is 0 Å². The number of carboxylic acid groups (broad SMARTS) is 1. The van der Waals surface area contributed by atoms with Crippen LogP contribution < -0.4 is 5.32 Å². The molecule has 0 saturated carbocycles. The van der Waals surface area contributed by atoms with E-state index in [-0.39, 0.29) is 41.0 Å². The minimum atomic E-state index is -0.936. The molecule has 0 fully saturated rings. The summed E-state index contributed by atoms with van der Waals surface area (Å²) in [6.07, 6.45) is 8.97. The van der Waals surface area contributed by atoms with E-state index in [1.54, 1.807) is 24.3 Å². The molecular weight excluding hydrogens is 301 g/mol. The van der Waals surface area contributed by atoms with Crippen molar-refractivity contribution in [2.75, 3.05) is 0 Å². The van der Waals surface area contributed by atoms with E-state index in [2.05, 4.69) is 12.2 Å². The first kappa shape index (κ1) is 22.2. The standard InChI is InChI=1S/C18H27NO3.Na.H/c1-2-3-4-5-6-7-8-9-17(20)19-14-15-10-12-16(13-11-15)18(21)22;;/h10-13H,2-9,14H2,1H3,(H,19,20)(H,21,22);;. The van der Waals surface area contributed by atoms with E-state index in [9.17, 15) is 9.59 Å². The molecule has 0 unspecified atom stereocenters. The van der Waals surface area contributed by atoms with Gasteiger partial charge in [0.15, 0.2) is 0 Å². The summed E-state index contributed by atoms with van der Waals surface area (Å²) in [6, 6.07) is 6.58. The molecule has 2 N–H and O–H groups in total. The molecule has 0 aromatic heterocycles. The van der Waals surface area contributed by atoms with Crippen LogP contribution in [0.3, 0.4) is 0 Å². The zero-order valence-electron chi connectivity index (χ0n) is 13.4. The summed E-state index contributed by atoms with van der Waals surface area (Å²) in [5.74, 6) is -0.870. The Morgan fingerprint density at radius 3 is 2.09 bits per heavy atom. The van der Waals surface area contributed by atoms with Crippen molar-refractivity contribution in [3.63, 3.8) is 0 Å². The van der Waals surface area contributed by atoms with Crippen molar-refractivity contribution in [3.05, 3.63) is 35.4 Å². The van der Waals surface area contributed by atoms with Gasteiger partial charge in [-0.15, -0.1) is 0 Å². The minimum absolute atomic E-state index is 0. The van der Waals surface area contributed by atoms with Crippen LogP contribution in [0.5, 0.6) is 0 Å². The molecular formula is C18H28NNaO3. The monoisotopic (exact) mass is 329 g/mol. The van der Waals surface area contributed by atoms with E-state index in [0.717, 1.165) is 18.4 Å². The van der Waals surface area contributed by atoms with Crippen LogP contribution in [0.4, 0.5) is 0 Å². The Kier molecular flexibility index (Phi) is 13.1. The fourth-order valence-corrected chi connectivity index (χ4v) is 2.30. The third-order valence-electron chi connectivity index (χ3n) is 3.70. The molecule has 1 aromatic carbocycles. The van der Waals surface area contributed by atoms with Gasteiger partial charge >= 0.3 is 35.5 Å². The predicted molar refractivity (Wildman–Crippen MR) is 95.0 cm³/mol. The van der Waals surface area contributed by atoms with Crippen molar-refractivity contribution in [3.8, 4) is 0 Å². The van der Waals surface area contributed by atoms with Gasteiger partial charge in [0, 0.05) is 13.0 Å². The summed E-state index contributed by atoms with van der Waals surface area (Å²) in [5.41, 5.74) is 1.18. The Balaban J connectivity index is 0.00000484. The second-order valence-electron chi connectivity index (χ2n) is 5.65. The second kappa shape index (κ2) is 13.6. The third-order valence-corrected chi connectivity index (χ3v) is 3.70. The fraction of sp³-hybridized carbons (Fsp3) is 0.556. The maximum absolute atomic E-state index is 11.7. The zero-order chi connectivity index (χ0) is 16.2. The Hall–Kier alpha value is -0.840. The molecule has 0 radical (unpaired) electrons. The number of amides is 1. The number of carbonyl (C=O) groups is 2. The summed E-state index contributed by atoms with van der Waals surface area (Å²) >= 11 is 0. The van der Waals surface area contributed by atoms with Gasteiger partial charge in [-0.1, -0.05) is 57.6 Å². The molecule has 5 heteroatoms. The first-order valence-corrected chi connectivity index (χ1v) is 8.22. The quantitative estimate of drug-likeness (QED) is 0.482. The molecule has 1 amide bonds. The molecule has 0 bridgehead atoms. The molecule has 0 aliphatic carbocycles. The second-order valence-corrected chi connectivity index (χ2v) is 5.65. The number of hydrogen-bond donors (Lipinski definition) is 2. The molecule has 124 valence electrons. The van der Waals surface area contributed by atoms with Crippen LogP contribution in [-0.2, 0) is 11.3 Å². The molecule has 1 aromatic rings. The predicted octanol–water partition coefficient (Wildman–Crippen LogP) is 3.49. The third kappa shape index (κ3) is 10.5. The summed E-state index contributed by atoms with van der Waals surface area (Å²) in [4.78, 5) is 22.5. The van der Waals surface area contributed by atoms with Crippen molar-refractivity contribution in [1.82, 2.24) is 5.32 Å². The molecule has 1 rings (SSSR count). The van der Waals surface area contributed by atoms with Crippen LogP contribution in [0.1, 0.15) is 74.2 Å². The Bertz CT molecular complexity index is 460. The van der Waals surface area contributed by atoms with E-state index in [4.69, 9.17) is 5.11 Å². The van der Waals surface area contributed by atoms with Crippen LogP contribution in [0.15, 0.2) is 24.3 Å². The number of carboxylic acids is 1. The average Bonchev–Trinajstić information content (AvgIpc) is 2.52. The number of hydrogen-bond acceptors (Lipinski definition) is 2. The molecule has 4 nitrogen and oxygen atoms in total. The van der Waals surface area contributed by atoms with Gasteiger partial charge in [-0.05, 0) is 24.1 Å². The van der Waals surface area contributed by atoms with Gasteiger partial charge in [0.1, 0.15) is 0 Å². The fourth-order valence-electron chi connectivity index (χ4n) is 2.30. The van der Waals surface area contributed by atoms with Gasteiger partial charge < -0.3 is 10.4 Å². The van der Waals surface area contributed by atoms with Crippen LogP contribution in [0.2, 0.25) is 0 Å². The van der Waals surface area contributed by atoms with E-state index < -0.39 is 5.97 Å². The van der Waals surface area contributed by atoms with Crippen LogP contribution in [0.25, 0.3) is 0 Å². The van der Waals surface area contributed by atoms with Crippen LogP contribution in [0, 0.1) is 0 Å². The van der Waals surface area contributed by atoms with Crippen LogP contribution in [-0.4, -0.2) is 46.5 Å². The van der Waals surface area contributed by atoms with E-state index in [1.165, 1.54) is 32.1 Å². The zero-order valence-corrected chi connectivity index (χ0v) is 13.4. The first-order valence-electron chi connectivity index (χ1n) is 8.22. The van der Waals surface area contributed by atoms with Gasteiger partial charge in [0.25, 0.3) is 0 Å². The Labute approximate surface area is 161 Å². The van der Waals surface area contributed by atoms with Gasteiger partial charge in [-0.2, -0.15) is 0 Å². The van der Waals surface area contributed by atoms with Crippen molar-refractivity contribution in [1.29, 1.82) is 0 Å². The van der Waals surface area contributed by atoms with E-state index >= 15 is 0 Å². The summed E-state index contributed by atoms with van der Waals surface area (Å²) < 4.78 is 0. The normalized spacial score (nSPS) is 9.96. The number of aromatic carboxylic acids is 1. The van der Waals surface area contributed by atoms with Gasteiger partial charge in [0.2, 0.25) is 5.91 Å². The van der Waals surface area contributed by atoms with Gasteiger partial charge in [-0.3, -0.25) is 4.79 Å². The number of nitrogens with one attached hydrogen (secondary N) is 1. The summed E-state index contributed by atoms with van der Waals surface area (Å²) in [5, 5.41) is 11.7. The van der Waals surface area contributed by atoms with Crippen molar-refractivity contribution in [2.45, 2.75) is 64.8 Å². The van der Waals surface area contributed by atoms with Crippen molar-refractivity contribution in [2.24, 2.45) is 0 Å². The molecule has 0 aliphatic rings. The van der Waals surface area contributed by atoms with Crippen molar-refractivity contribution >= 4 is 41.4 Å². The summed E-state index contributed by atoms with van der Waals surface area (Å²) in [7, 11) is 0. The van der Waals surface area contributed by atoms with E-state index in [0.29, 0.717) is 13.0 Å². The molecule has 0 spiro atoms. The Morgan fingerprint density at radius 2 is 1.52 bits per heavy atom. The maximum atomic E-state index is 11.7. The summed E-state index contributed by atoms with van der Waals surface area (Å²) in [6.45, 7) is 2.66. The van der Waals surface area contributed by atoms with Gasteiger partial charge in [-0.25, -0.2) is 4.79 Å². The van der Waals surface area contributed by atoms with E-state index in [1.807, 2.05) is 0 Å². The number of carbonyl (C=O) groups excluding carboxylic acids is 1. The van der Waals surface area contributed by atoms with Gasteiger partial charge in [0.05, 0.1) is 5.56 Å². The molecule has 0 atom stereocenters. The Morgan fingerprint density at radius 1 is 0.957 bits per heavy atom. The number of benzene rings is 1. The van der Waals surface area contributed by atoms with Crippen molar-refractivity contribution < 1.29 is 14.7 Å². The molecule has 0 heterocycles. The molecule has 0 aliphatic heterocycles. The average molecular weight is 329 g/mol. The number of rotatable bonds is 11.